The zero-order chi connectivity index (χ0) is 30.7. The molecule has 212 valence electrons. The fraction of sp³-hybridized carbons (Fsp3) is 0.0732. The van der Waals surface area contributed by atoms with Gasteiger partial charge in [0.25, 0.3) is 5.70 Å². The normalized spacial score (nSPS) is 13.4. The smallest absolute Gasteiger partial charge is 0.263 e. The Morgan fingerprint density at radius 2 is 1.24 bits per heavy atom. The lowest BCUT2D eigenvalue weighted by molar-refractivity contribution is 0.795. The predicted octanol–water partition coefficient (Wildman–Crippen LogP) is 11.0. The maximum absolute atomic E-state index is 9.53. The molecule has 2 aliphatic rings. The highest BCUT2D eigenvalue weighted by Crippen LogP contribution is 2.65. The van der Waals surface area contributed by atoms with Gasteiger partial charge in [-0.05, 0) is 101 Å². The summed E-state index contributed by atoms with van der Waals surface area (Å²) in [6, 6.07) is 46.1. The molecule has 8 rings (SSSR count). The topological polar surface area (TPSA) is 31.4 Å². The van der Waals surface area contributed by atoms with Crippen LogP contribution in [-0.4, -0.2) is 0 Å². The van der Waals surface area contributed by atoms with E-state index in [0.717, 1.165) is 21.9 Å². The molecular formula is C41H27N3S. The van der Waals surface area contributed by atoms with Crippen molar-refractivity contribution in [3.05, 3.63) is 177 Å². The SMILES string of the molecule is [C-]#[N+]/C(C#N)=C\c1cc2c(s1)-c1ccc(N(c3ccc(C)cc3)c3ccc(C)cc3)cc1C21c2ccccc2-c2ccccc21. The molecule has 0 fully saturated rings. The van der Waals surface area contributed by atoms with Gasteiger partial charge in [0.2, 0.25) is 0 Å². The lowest BCUT2D eigenvalue weighted by atomic mass is 9.71. The molecule has 1 spiro atoms. The highest BCUT2D eigenvalue weighted by atomic mass is 32.1. The fourth-order valence-corrected chi connectivity index (χ4v) is 8.35. The van der Waals surface area contributed by atoms with E-state index in [2.05, 4.69) is 145 Å². The number of rotatable bonds is 4. The van der Waals surface area contributed by atoms with Crippen LogP contribution in [0, 0.1) is 31.8 Å². The van der Waals surface area contributed by atoms with Crippen molar-refractivity contribution in [2.45, 2.75) is 19.3 Å². The predicted molar refractivity (Wildman–Crippen MR) is 185 cm³/mol. The van der Waals surface area contributed by atoms with E-state index in [0.29, 0.717) is 0 Å². The first kappa shape index (κ1) is 26.9. The van der Waals surface area contributed by atoms with Crippen molar-refractivity contribution in [3.63, 3.8) is 0 Å². The Bertz CT molecular complexity index is 2150. The van der Waals surface area contributed by atoms with Gasteiger partial charge >= 0.3 is 0 Å². The van der Waals surface area contributed by atoms with Crippen molar-refractivity contribution in [3.8, 4) is 27.6 Å². The van der Waals surface area contributed by atoms with Gasteiger partial charge in [0.15, 0.2) is 0 Å². The molecule has 3 nitrogen and oxygen atoms in total. The monoisotopic (exact) mass is 593 g/mol. The van der Waals surface area contributed by atoms with E-state index in [-0.39, 0.29) is 5.70 Å². The van der Waals surface area contributed by atoms with Gasteiger partial charge in [0.05, 0.1) is 18.1 Å². The third-order valence-electron chi connectivity index (χ3n) is 9.12. The molecule has 0 atom stereocenters. The molecule has 0 saturated carbocycles. The van der Waals surface area contributed by atoms with Crippen LogP contribution in [0.2, 0.25) is 0 Å². The molecule has 45 heavy (non-hydrogen) atoms. The van der Waals surface area contributed by atoms with E-state index in [9.17, 15) is 5.26 Å². The quantitative estimate of drug-likeness (QED) is 0.150. The first-order chi connectivity index (χ1) is 22.0. The molecule has 1 aromatic heterocycles. The number of benzene rings is 5. The fourth-order valence-electron chi connectivity index (χ4n) is 7.16. The maximum Gasteiger partial charge on any atom is 0.263 e. The molecule has 0 saturated heterocycles. The number of hydrogen-bond donors (Lipinski definition) is 0. The van der Waals surface area contributed by atoms with Crippen LogP contribution in [0.15, 0.2) is 127 Å². The summed E-state index contributed by atoms with van der Waals surface area (Å²) < 4.78 is 0. The van der Waals surface area contributed by atoms with Gasteiger partial charge in [-0.2, -0.15) is 0 Å². The Labute approximate surface area is 267 Å². The number of hydrogen-bond acceptors (Lipinski definition) is 3. The van der Waals surface area contributed by atoms with Crippen molar-refractivity contribution in [1.82, 2.24) is 0 Å². The molecule has 0 amide bonds. The van der Waals surface area contributed by atoms with E-state index in [1.165, 1.54) is 54.9 Å². The van der Waals surface area contributed by atoms with Gasteiger partial charge in [-0.3, -0.25) is 0 Å². The van der Waals surface area contributed by atoms with Crippen LogP contribution in [0.4, 0.5) is 17.1 Å². The summed E-state index contributed by atoms with van der Waals surface area (Å²) in [5.74, 6) is 0. The van der Waals surface area contributed by atoms with Gasteiger partial charge in [-0.25, -0.2) is 10.1 Å². The molecule has 5 aromatic carbocycles. The number of aryl methyl sites for hydroxylation is 2. The second kappa shape index (κ2) is 10.2. The van der Waals surface area contributed by atoms with Gasteiger partial charge in [-0.15, -0.1) is 11.3 Å². The molecule has 2 aliphatic carbocycles. The largest absolute Gasteiger partial charge is 0.310 e. The minimum absolute atomic E-state index is 0.0959. The van der Waals surface area contributed by atoms with Crippen molar-refractivity contribution >= 4 is 34.5 Å². The molecule has 0 bridgehead atoms. The summed E-state index contributed by atoms with van der Waals surface area (Å²) in [4.78, 5) is 7.89. The molecule has 0 aliphatic heterocycles. The minimum Gasteiger partial charge on any atom is -0.310 e. The summed E-state index contributed by atoms with van der Waals surface area (Å²) in [5, 5.41) is 9.53. The number of fused-ring (bicyclic) bond motifs is 10. The summed E-state index contributed by atoms with van der Waals surface area (Å²) in [6.45, 7) is 11.7. The van der Waals surface area contributed by atoms with Crippen molar-refractivity contribution in [2.75, 3.05) is 4.90 Å². The Balaban J connectivity index is 1.43. The molecular weight excluding hydrogens is 567 g/mol. The van der Waals surface area contributed by atoms with Crippen LogP contribution < -0.4 is 4.90 Å². The first-order valence-electron chi connectivity index (χ1n) is 14.9. The number of nitriles is 1. The number of thiophene rings is 1. The zero-order valence-electron chi connectivity index (χ0n) is 24.9. The number of nitrogens with zero attached hydrogens (tertiary/aromatic N) is 3. The summed E-state index contributed by atoms with van der Waals surface area (Å²) in [6.07, 6.45) is 1.72. The van der Waals surface area contributed by atoms with E-state index in [4.69, 9.17) is 6.57 Å². The Kier molecular flexibility index (Phi) is 6.10. The van der Waals surface area contributed by atoms with Gasteiger partial charge in [0, 0.05) is 26.8 Å². The van der Waals surface area contributed by atoms with Gasteiger partial charge in [-0.1, -0.05) is 90.0 Å². The summed E-state index contributed by atoms with van der Waals surface area (Å²) in [7, 11) is 0. The van der Waals surface area contributed by atoms with Crippen molar-refractivity contribution in [2.24, 2.45) is 0 Å². The number of allylic oxidation sites excluding steroid dienone is 1. The lowest BCUT2D eigenvalue weighted by Crippen LogP contribution is -2.26. The number of anilines is 3. The van der Waals surface area contributed by atoms with E-state index in [1.807, 2.05) is 6.07 Å². The average Bonchev–Trinajstić information content (AvgIpc) is 3.70. The van der Waals surface area contributed by atoms with Crippen LogP contribution in [0.1, 0.15) is 38.3 Å². The van der Waals surface area contributed by atoms with Crippen LogP contribution >= 0.6 is 11.3 Å². The second-order valence-corrected chi connectivity index (χ2v) is 12.8. The molecule has 0 radical (unpaired) electrons. The highest BCUT2D eigenvalue weighted by Gasteiger charge is 2.52. The molecule has 6 aromatic rings. The average molecular weight is 594 g/mol. The third kappa shape index (κ3) is 3.94. The van der Waals surface area contributed by atoms with E-state index >= 15 is 0 Å². The third-order valence-corrected chi connectivity index (χ3v) is 10.2. The standard InChI is InChI=1S/C41H27N3S/c1-26-12-16-29(17-13-26)44(30-18-14-27(2)15-19-30)31-20-21-35-38(23-31)41(39-24-32(45-40(35)39)22-28(25-42)43-3)36-10-6-4-8-33(36)34-9-5-7-11-37(34)41/h4-24H,1-2H3/b28-22-. The molecule has 4 heteroatoms. The Morgan fingerprint density at radius 3 is 1.80 bits per heavy atom. The van der Waals surface area contributed by atoms with Gasteiger partial charge in [0.1, 0.15) is 0 Å². The van der Waals surface area contributed by atoms with E-state index < -0.39 is 5.41 Å². The van der Waals surface area contributed by atoms with Crippen molar-refractivity contribution in [1.29, 1.82) is 5.26 Å². The zero-order valence-corrected chi connectivity index (χ0v) is 25.7. The lowest BCUT2D eigenvalue weighted by Gasteiger charge is -2.32. The van der Waals surface area contributed by atoms with Crippen LogP contribution in [0.5, 0.6) is 0 Å². The van der Waals surface area contributed by atoms with Crippen LogP contribution in [-0.2, 0) is 5.41 Å². The molecule has 0 unspecified atom stereocenters. The van der Waals surface area contributed by atoms with Crippen molar-refractivity contribution < 1.29 is 0 Å². The molecule has 1 heterocycles. The Hall–Kier alpha value is -5.68. The van der Waals surface area contributed by atoms with Gasteiger partial charge < -0.3 is 4.90 Å². The first-order valence-corrected chi connectivity index (χ1v) is 15.8. The Morgan fingerprint density at radius 1 is 0.689 bits per heavy atom. The summed E-state index contributed by atoms with van der Waals surface area (Å²) in [5.41, 5.74) is 14.0. The molecule has 0 N–H and O–H groups in total. The van der Waals surface area contributed by atoms with Crippen LogP contribution in [0.25, 0.3) is 32.5 Å². The van der Waals surface area contributed by atoms with Crippen LogP contribution in [0.3, 0.4) is 0 Å². The highest BCUT2D eigenvalue weighted by molar-refractivity contribution is 7.16. The summed E-state index contributed by atoms with van der Waals surface area (Å²) >= 11 is 1.66. The second-order valence-electron chi connectivity index (χ2n) is 11.7. The van der Waals surface area contributed by atoms with E-state index in [1.54, 1.807) is 17.4 Å². The minimum atomic E-state index is -0.520. The maximum atomic E-state index is 9.53.